The lowest BCUT2D eigenvalue weighted by atomic mass is 9.99. The fraction of sp³-hybridized carbons (Fsp3) is 0.100. The third kappa shape index (κ3) is 3.39. The lowest BCUT2D eigenvalue weighted by Crippen LogP contribution is -2.18. The van der Waals surface area contributed by atoms with Crippen molar-refractivity contribution in [1.29, 1.82) is 0 Å². The Labute approximate surface area is 153 Å². The molecule has 0 unspecified atom stereocenters. The third-order valence-corrected chi connectivity index (χ3v) is 4.28. The highest BCUT2D eigenvalue weighted by molar-refractivity contribution is 6.43. The number of benzene rings is 2. The standard InChI is InChI=1S/C20H14FN3O3/c21-13-7-5-12(6-8-13)9-18-15(14-3-1-2-4-17(14)27-18)10-16(25)19(26)20-22-11-23-24-20/h1-8,11H,9-10H2,(H,22,23,24). The normalized spacial score (nSPS) is 11.0. The topological polar surface area (TPSA) is 88.8 Å². The van der Waals surface area contributed by atoms with Gasteiger partial charge in [-0.25, -0.2) is 9.37 Å². The van der Waals surface area contributed by atoms with Gasteiger partial charge in [0, 0.05) is 23.8 Å². The number of hydrogen-bond acceptors (Lipinski definition) is 5. The summed E-state index contributed by atoms with van der Waals surface area (Å²) in [5.41, 5.74) is 2.11. The molecule has 6 nitrogen and oxygen atoms in total. The molecule has 0 fully saturated rings. The van der Waals surface area contributed by atoms with Crippen molar-refractivity contribution in [3.8, 4) is 0 Å². The molecule has 2 aromatic heterocycles. The lowest BCUT2D eigenvalue weighted by molar-refractivity contribution is -0.114. The van der Waals surface area contributed by atoms with E-state index in [1.54, 1.807) is 18.2 Å². The van der Waals surface area contributed by atoms with Crippen LogP contribution in [-0.4, -0.2) is 26.7 Å². The molecule has 0 aliphatic heterocycles. The minimum atomic E-state index is -0.731. The molecule has 0 bridgehead atoms. The molecule has 0 saturated carbocycles. The van der Waals surface area contributed by atoms with Crippen molar-refractivity contribution in [2.45, 2.75) is 12.8 Å². The number of carbonyl (C=O) groups is 2. The number of nitrogens with one attached hydrogen (secondary N) is 1. The predicted molar refractivity (Wildman–Crippen MR) is 94.8 cm³/mol. The largest absolute Gasteiger partial charge is 0.460 e. The van der Waals surface area contributed by atoms with Gasteiger partial charge >= 0.3 is 0 Å². The number of furan rings is 1. The van der Waals surface area contributed by atoms with Crippen LogP contribution < -0.4 is 0 Å². The van der Waals surface area contributed by atoms with Gasteiger partial charge in [-0.1, -0.05) is 30.3 Å². The Kier molecular flexibility index (Phi) is 4.33. The van der Waals surface area contributed by atoms with E-state index in [4.69, 9.17) is 4.42 Å². The van der Waals surface area contributed by atoms with Crippen molar-refractivity contribution in [3.63, 3.8) is 0 Å². The molecule has 0 atom stereocenters. The summed E-state index contributed by atoms with van der Waals surface area (Å²) in [5.74, 6) is -1.19. The first-order valence-corrected chi connectivity index (χ1v) is 8.28. The highest BCUT2D eigenvalue weighted by Crippen LogP contribution is 2.28. The molecule has 7 heteroatoms. The highest BCUT2D eigenvalue weighted by Gasteiger charge is 2.24. The quantitative estimate of drug-likeness (QED) is 0.419. The Bertz CT molecular complexity index is 1120. The van der Waals surface area contributed by atoms with Crippen LogP contribution in [0.4, 0.5) is 4.39 Å². The molecular weight excluding hydrogens is 349 g/mol. The fourth-order valence-corrected chi connectivity index (χ4v) is 2.96. The molecule has 0 aliphatic carbocycles. The van der Waals surface area contributed by atoms with E-state index in [1.807, 2.05) is 18.2 Å². The molecule has 0 spiro atoms. The number of hydrogen-bond donors (Lipinski definition) is 1. The van der Waals surface area contributed by atoms with E-state index in [2.05, 4.69) is 15.2 Å². The van der Waals surface area contributed by atoms with Crippen molar-refractivity contribution >= 4 is 22.5 Å². The number of fused-ring (bicyclic) bond motifs is 1. The summed E-state index contributed by atoms with van der Waals surface area (Å²) in [6.07, 6.45) is 1.44. The van der Waals surface area contributed by atoms with E-state index in [-0.39, 0.29) is 18.1 Å². The van der Waals surface area contributed by atoms with E-state index in [0.29, 0.717) is 23.3 Å². The monoisotopic (exact) mass is 363 g/mol. The molecule has 2 heterocycles. The van der Waals surface area contributed by atoms with Crippen molar-refractivity contribution in [3.05, 3.63) is 83.4 Å². The van der Waals surface area contributed by atoms with Crippen LogP contribution in [0.5, 0.6) is 0 Å². The maximum Gasteiger partial charge on any atom is 0.265 e. The summed E-state index contributed by atoms with van der Waals surface area (Å²) >= 11 is 0. The van der Waals surface area contributed by atoms with E-state index >= 15 is 0 Å². The van der Waals surface area contributed by atoms with E-state index in [1.165, 1.54) is 18.5 Å². The molecule has 0 radical (unpaired) electrons. The van der Waals surface area contributed by atoms with Crippen LogP contribution in [0.25, 0.3) is 11.0 Å². The molecule has 1 N–H and O–H groups in total. The van der Waals surface area contributed by atoms with Gasteiger partial charge in [0.15, 0.2) is 5.82 Å². The highest BCUT2D eigenvalue weighted by atomic mass is 19.1. The van der Waals surface area contributed by atoms with Crippen molar-refractivity contribution < 1.29 is 18.4 Å². The first-order chi connectivity index (χ1) is 13.1. The first kappa shape index (κ1) is 16.8. The van der Waals surface area contributed by atoms with Gasteiger partial charge in [0.05, 0.1) is 0 Å². The van der Waals surface area contributed by atoms with Crippen LogP contribution in [0.2, 0.25) is 0 Å². The second-order valence-corrected chi connectivity index (χ2v) is 6.07. The number of aromatic amines is 1. The zero-order valence-corrected chi connectivity index (χ0v) is 14.1. The van der Waals surface area contributed by atoms with Crippen LogP contribution in [0, 0.1) is 5.82 Å². The van der Waals surface area contributed by atoms with E-state index in [0.717, 1.165) is 10.9 Å². The number of rotatable bonds is 6. The number of Topliss-reactive ketones (excluding diaryl/α,β-unsaturated/α-hetero) is 2. The maximum atomic E-state index is 13.1. The molecule has 134 valence electrons. The van der Waals surface area contributed by atoms with Crippen molar-refractivity contribution in [1.82, 2.24) is 15.2 Å². The smallest absolute Gasteiger partial charge is 0.265 e. The Balaban J connectivity index is 1.68. The summed E-state index contributed by atoms with van der Waals surface area (Å²) in [4.78, 5) is 28.4. The zero-order chi connectivity index (χ0) is 18.8. The van der Waals surface area contributed by atoms with Gasteiger partial charge in [-0.2, -0.15) is 5.10 Å². The summed E-state index contributed by atoms with van der Waals surface area (Å²) in [7, 11) is 0. The summed E-state index contributed by atoms with van der Waals surface area (Å²) in [6.45, 7) is 0. The summed E-state index contributed by atoms with van der Waals surface area (Å²) in [6, 6.07) is 13.4. The van der Waals surface area contributed by atoms with E-state index in [9.17, 15) is 14.0 Å². The maximum absolute atomic E-state index is 13.1. The number of aromatic nitrogens is 3. The summed E-state index contributed by atoms with van der Waals surface area (Å²) in [5, 5.41) is 6.77. The van der Waals surface area contributed by atoms with Crippen LogP contribution in [-0.2, 0) is 17.6 Å². The number of halogens is 1. The second kappa shape index (κ2) is 6.95. The first-order valence-electron chi connectivity index (χ1n) is 8.28. The SMILES string of the molecule is O=C(Cc1c(Cc2ccc(F)cc2)oc2ccccc12)C(=O)c1ncn[nH]1. The Morgan fingerprint density at radius 1 is 1.07 bits per heavy atom. The minimum absolute atomic E-state index is 0.0899. The van der Waals surface area contributed by atoms with Gasteiger partial charge in [0.25, 0.3) is 5.78 Å². The number of ketones is 2. The Hall–Kier alpha value is -3.61. The number of para-hydroxylation sites is 1. The van der Waals surface area contributed by atoms with Crippen LogP contribution in [0.3, 0.4) is 0 Å². The fourth-order valence-electron chi connectivity index (χ4n) is 2.96. The van der Waals surface area contributed by atoms with E-state index < -0.39 is 11.6 Å². The lowest BCUT2D eigenvalue weighted by Gasteiger charge is -2.03. The third-order valence-electron chi connectivity index (χ3n) is 4.28. The number of nitrogens with zero attached hydrogens (tertiary/aromatic N) is 2. The van der Waals surface area contributed by atoms with Gasteiger partial charge in [0.1, 0.15) is 23.5 Å². The van der Waals surface area contributed by atoms with Crippen molar-refractivity contribution in [2.24, 2.45) is 0 Å². The van der Waals surface area contributed by atoms with Crippen LogP contribution in [0.1, 0.15) is 27.5 Å². The van der Waals surface area contributed by atoms with Gasteiger partial charge in [-0.15, -0.1) is 0 Å². The second-order valence-electron chi connectivity index (χ2n) is 6.07. The van der Waals surface area contributed by atoms with Crippen molar-refractivity contribution in [2.75, 3.05) is 0 Å². The average Bonchev–Trinajstić information content (AvgIpc) is 3.32. The average molecular weight is 363 g/mol. The van der Waals surface area contributed by atoms with Crippen LogP contribution >= 0.6 is 0 Å². The zero-order valence-electron chi connectivity index (χ0n) is 14.1. The molecular formula is C20H14FN3O3. The predicted octanol–water partition coefficient (Wildman–Crippen LogP) is 3.28. The molecule has 0 saturated heterocycles. The van der Waals surface area contributed by atoms with Gasteiger partial charge in [-0.05, 0) is 23.8 Å². The van der Waals surface area contributed by atoms with Gasteiger partial charge in [0.2, 0.25) is 5.78 Å². The van der Waals surface area contributed by atoms with Gasteiger partial charge < -0.3 is 4.42 Å². The number of H-pyrrole nitrogens is 1. The molecule has 4 rings (SSSR count). The molecule has 27 heavy (non-hydrogen) atoms. The molecule has 2 aromatic carbocycles. The number of carbonyl (C=O) groups excluding carboxylic acids is 2. The minimum Gasteiger partial charge on any atom is -0.460 e. The molecule has 4 aromatic rings. The molecule has 0 aliphatic rings. The Morgan fingerprint density at radius 3 is 2.59 bits per heavy atom. The molecule has 0 amide bonds. The summed E-state index contributed by atoms with van der Waals surface area (Å²) < 4.78 is 19.1. The van der Waals surface area contributed by atoms with Crippen LogP contribution in [0.15, 0.2) is 59.3 Å². The van der Waals surface area contributed by atoms with Gasteiger partial charge in [-0.3, -0.25) is 14.7 Å². The Morgan fingerprint density at radius 2 is 1.85 bits per heavy atom.